The van der Waals surface area contributed by atoms with E-state index in [4.69, 9.17) is 0 Å². The van der Waals surface area contributed by atoms with E-state index in [1.165, 1.54) is 5.69 Å². The first kappa shape index (κ1) is 12.6. The fraction of sp³-hybridized carbons (Fsp3) is 0.385. The molecule has 1 aromatic carbocycles. The fourth-order valence-electron chi connectivity index (χ4n) is 1.10. The third-order valence-corrected chi connectivity index (χ3v) is 1.65. The topological polar surface area (TPSA) is 3.24 Å². The van der Waals surface area contributed by atoms with Crippen LogP contribution in [0.4, 0.5) is 5.69 Å². The lowest BCUT2D eigenvalue weighted by atomic mass is 10.2. The summed E-state index contributed by atoms with van der Waals surface area (Å²) in [5.74, 6) is 5.97. The van der Waals surface area contributed by atoms with Crippen LogP contribution in [0, 0.1) is 11.8 Å². The molecular weight excluding hydrogens is 170 g/mol. The first-order valence-electron chi connectivity index (χ1n) is 4.95. The molecule has 0 radical (unpaired) electrons. The number of hydrogen-bond acceptors (Lipinski definition) is 1. The van der Waals surface area contributed by atoms with E-state index in [9.17, 15) is 0 Å². The third kappa shape index (κ3) is 3.53. The molecule has 1 aromatic rings. The van der Waals surface area contributed by atoms with Gasteiger partial charge in [0, 0.05) is 19.7 Å². The van der Waals surface area contributed by atoms with E-state index >= 15 is 0 Å². The molecule has 0 aliphatic heterocycles. The highest BCUT2D eigenvalue weighted by atomic mass is 15.1. The van der Waals surface area contributed by atoms with Gasteiger partial charge in [-0.05, 0) is 19.1 Å². The molecule has 0 unspecified atom stereocenters. The summed E-state index contributed by atoms with van der Waals surface area (Å²) < 4.78 is 0. The number of rotatable bonds is 1. The summed E-state index contributed by atoms with van der Waals surface area (Å²) in [4.78, 5) is 2.07. The predicted octanol–water partition coefficient (Wildman–Crippen LogP) is 3.15. The number of benzene rings is 1. The van der Waals surface area contributed by atoms with Gasteiger partial charge in [-0.15, -0.1) is 5.92 Å². The summed E-state index contributed by atoms with van der Waals surface area (Å²) >= 11 is 0. The van der Waals surface area contributed by atoms with Crippen molar-refractivity contribution in [1.29, 1.82) is 0 Å². The lowest BCUT2D eigenvalue weighted by molar-refractivity contribution is 1.13. The van der Waals surface area contributed by atoms with Crippen LogP contribution in [0.2, 0.25) is 0 Å². The van der Waals surface area contributed by atoms with Crippen molar-refractivity contribution < 1.29 is 0 Å². The maximum Gasteiger partial charge on any atom is 0.0520 e. The zero-order valence-electron chi connectivity index (χ0n) is 9.76. The molecule has 1 rings (SSSR count). The molecule has 1 heteroatoms. The maximum atomic E-state index is 3.07. The van der Waals surface area contributed by atoms with Crippen LogP contribution in [-0.2, 0) is 0 Å². The highest BCUT2D eigenvalue weighted by molar-refractivity contribution is 5.59. The number of nitrogens with zero attached hydrogens (tertiary/aromatic N) is 1. The Morgan fingerprint density at radius 2 is 1.64 bits per heavy atom. The Balaban J connectivity index is 0.000000791. The van der Waals surface area contributed by atoms with Crippen LogP contribution in [0.1, 0.15) is 26.3 Å². The van der Waals surface area contributed by atoms with Crippen molar-refractivity contribution in [2.75, 3.05) is 19.0 Å². The summed E-state index contributed by atoms with van der Waals surface area (Å²) in [5, 5.41) is 0. The van der Waals surface area contributed by atoms with Gasteiger partial charge in [-0.25, -0.2) is 0 Å². The summed E-state index contributed by atoms with van der Waals surface area (Å²) in [6.07, 6.45) is 0. The van der Waals surface area contributed by atoms with Gasteiger partial charge in [0.15, 0.2) is 0 Å². The Bertz CT molecular complexity index is 315. The average Bonchev–Trinajstić information content (AvgIpc) is 2.22. The minimum absolute atomic E-state index is 1.09. The Hall–Kier alpha value is -1.42. The van der Waals surface area contributed by atoms with Gasteiger partial charge >= 0.3 is 0 Å². The molecule has 0 bridgehead atoms. The average molecular weight is 189 g/mol. The molecule has 0 heterocycles. The summed E-state index contributed by atoms with van der Waals surface area (Å²) in [6, 6.07) is 8.13. The fourth-order valence-corrected chi connectivity index (χ4v) is 1.10. The predicted molar refractivity (Wildman–Crippen MR) is 64.7 cm³/mol. The third-order valence-electron chi connectivity index (χ3n) is 1.65. The lowest BCUT2D eigenvalue weighted by Gasteiger charge is -2.13. The van der Waals surface area contributed by atoms with Gasteiger partial charge in [-0.1, -0.05) is 31.9 Å². The van der Waals surface area contributed by atoms with Crippen molar-refractivity contribution in [3.63, 3.8) is 0 Å². The molecule has 0 saturated heterocycles. The van der Waals surface area contributed by atoms with E-state index in [1.54, 1.807) is 0 Å². The van der Waals surface area contributed by atoms with Crippen LogP contribution in [0.15, 0.2) is 24.3 Å². The highest BCUT2D eigenvalue weighted by Gasteiger charge is 1.98. The summed E-state index contributed by atoms with van der Waals surface area (Å²) in [7, 11) is 4.05. The summed E-state index contributed by atoms with van der Waals surface area (Å²) in [6.45, 7) is 5.85. The molecule has 0 spiro atoms. The van der Waals surface area contributed by atoms with E-state index in [2.05, 4.69) is 22.8 Å². The Kier molecular flexibility index (Phi) is 6.32. The van der Waals surface area contributed by atoms with E-state index in [-0.39, 0.29) is 0 Å². The van der Waals surface area contributed by atoms with E-state index in [0.717, 1.165) is 5.56 Å². The van der Waals surface area contributed by atoms with Crippen molar-refractivity contribution in [3.05, 3.63) is 29.8 Å². The van der Waals surface area contributed by atoms with Crippen LogP contribution in [0.25, 0.3) is 0 Å². The van der Waals surface area contributed by atoms with Crippen molar-refractivity contribution in [2.45, 2.75) is 20.8 Å². The van der Waals surface area contributed by atoms with E-state index in [0.29, 0.717) is 0 Å². The Morgan fingerprint density at radius 3 is 2.14 bits per heavy atom. The first-order chi connectivity index (χ1) is 6.75. The summed E-state index contributed by atoms with van der Waals surface area (Å²) in [5.41, 5.74) is 2.26. The van der Waals surface area contributed by atoms with Gasteiger partial charge in [0.25, 0.3) is 0 Å². The second kappa shape index (κ2) is 7.03. The molecule has 1 nitrogen and oxygen atoms in total. The molecule has 0 aliphatic carbocycles. The van der Waals surface area contributed by atoms with E-state index in [1.807, 2.05) is 53.1 Å². The zero-order valence-corrected chi connectivity index (χ0v) is 9.76. The molecule has 0 aliphatic rings. The zero-order chi connectivity index (χ0) is 11.0. The van der Waals surface area contributed by atoms with Crippen molar-refractivity contribution in [1.82, 2.24) is 0 Å². The maximum absolute atomic E-state index is 3.07. The normalized spacial score (nSPS) is 7.79. The number of anilines is 1. The van der Waals surface area contributed by atoms with Crippen molar-refractivity contribution in [3.8, 4) is 11.8 Å². The SMILES string of the molecule is CC.CC#Cc1ccccc1N(C)C. The van der Waals surface area contributed by atoms with Gasteiger partial charge < -0.3 is 4.90 Å². The second-order valence-electron chi connectivity index (χ2n) is 2.79. The smallest absolute Gasteiger partial charge is 0.0520 e. The molecule has 0 atom stereocenters. The standard InChI is InChI=1S/C11H13N.C2H6/c1-4-7-10-8-5-6-9-11(10)12(2)3;1-2/h5-6,8-9H,1-3H3;1-2H3. The highest BCUT2D eigenvalue weighted by Crippen LogP contribution is 2.15. The van der Waals surface area contributed by atoms with Crippen LogP contribution in [0.3, 0.4) is 0 Å². The van der Waals surface area contributed by atoms with Gasteiger partial charge in [-0.2, -0.15) is 0 Å². The number of para-hydroxylation sites is 1. The molecule has 76 valence electrons. The minimum Gasteiger partial charge on any atom is -0.377 e. The molecule has 0 saturated carbocycles. The molecule has 0 fully saturated rings. The molecule has 0 aromatic heterocycles. The Morgan fingerprint density at radius 1 is 1.07 bits per heavy atom. The van der Waals surface area contributed by atoms with Crippen LogP contribution in [0.5, 0.6) is 0 Å². The monoisotopic (exact) mass is 189 g/mol. The number of hydrogen-bond donors (Lipinski definition) is 0. The van der Waals surface area contributed by atoms with Crippen LogP contribution >= 0.6 is 0 Å². The molecule has 0 amide bonds. The first-order valence-corrected chi connectivity index (χ1v) is 4.95. The van der Waals surface area contributed by atoms with Gasteiger partial charge in [0.1, 0.15) is 0 Å². The largest absolute Gasteiger partial charge is 0.377 e. The molecule has 0 N–H and O–H groups in total. The molecule has 14 heavy (non-hydrogen) atoms. The minimum atomic E-state index is 1.09. The van der Waals surface area contributed by atoms with Gasteiger partial charge in [-0.3, -0.25) is 0 Å². The van der Waals surface area contributed by atoms with Crippen LogP contribution in [-0.4, -0.2) is 14.1 Å². The lowest BCUT2D eigenvalue weighted by Crippen LogP contribution is -2.09. The van der Waals surface area contributed by atoms with Crippen LogP contribution < -0.4 is 4.90 Å². The van der Waals surface area contributed by atoms with Crippen molar-refractivity contribution in [2.24, 2.45) is 0 Å². The second-order valence-corrected chi connectivity index (χ2v) is 2.79. The van der Waals surface area contributed by atoms with Gasteiger partial charge in [0.2, 0.25) is 0 Å². The van der Waals surface area contributed by atoms with Gasteiger partial charge in [0.05, 0.1) is 5.69 Å². The molecular formula is C13H19N. The quantitative estimate of drug-likeness (QED) is 0.613. The van der Waals surface area contributed by atoms with E-state index < -0.39 is 0 Å². The van der Waals surface area contributed by atoms with Crippen molar-refractivity contribution >= 4 is 5.69 Å². The Labute approximate surface area is 87.8 Å².